The van der Waals surface area contributed by atoms with Crippen molar-refractivity contribution in [3.63, 3.8) is 0 Å². The van der Waals surface area contributed by atoms with E-state index >= 15 is 0 Å². The minimum Gasteiger partial charge on any atom is -0.373 e. The van der Waals surface area contributed by atoms with Crippen LogP contribution in [0.3, 0.4) is 0 Å². The zero-order valence-corrected chi connectivity index (χ0v) is 20.8. The molecule has 4 heterocycles. The Kier molecular flexibility index (Phi) is 7.51. The zero-order chi connectivity index (χ0) is 25.3. The summed E-state index contributed by atoms with van der Waals surface area (Å²) >= 11 is 0. The highest BCUT2D eigenvalue weighted by atomic mass is 19.4. The van der Waals surface area contributed by atoms with E-state index in [1.807, 2.05) is 18.7 Å². The Bertz CT molecular complexity index is 1000. The number of alkyl halides is 3. The van der Waals surface area contributed by atoms with Crippen molar-refractivity contribution >= 4 is 5.91 Å². The first kappa shape index (κ1) is 25.6. The first-order valence-corrected chi connectivity index (χ1v) is 12.3. The number of nitrogens with zero attached hydrogens (tertiary/aromatic N) is 5. The number of halogens is 3. The van der Waals surface area contributed by atoms with Gasteiger partial charge < -0.3 is 9.64 Å². The van der Waals surface area contributed by atoms with Gasteiger partial charge in [-0.2, -0.15) is 18.3 Å². The summed E-state index contributed by atoms with van der Waals surface area (Å²) in [6.45, 7) is 12.4. The van der Waals surface area contributed by atoms with E-state index in [1.165, 1.54) is 16.9 Å². The average Bonchev–Trinajstić information content (AvgIpc) is 3.23. The normalized spacial score (nSPS) is 22.7. The Labute approximate surface area is 204 Å². The van der Waals surface area contributed by atoms with Crippen LogP contribution in [0, 0.1) is 5.92 Å². The van der Waals surface area contributed by atoms with Crippen LogP contribution >= 0.6 is 0 Å². The maximum Gasteiger partial charge on any atom is 0.417 e. The monoisotopic (exact) mass is 493 g/mol. The second-order valence-electron chi connectivity index (χ2n) is 10.1. The number of piperidine rings is 1. The van der Waals surface area contributed by atoms with Gasteiger partial charge in [0.1, 0.15) is 0 Å². The zero-order valence-electron chi connectivity index (χ0n) is 20.8. The second-order valence-corrected chi connectivity index (χ2v) is 10.1. The lowest BCUT2D eigenvalue weighted by molar-refractivity contribution is -0.137. The number of morpholine rings is 1. The number of rotatable bonds is 5. The van der Waals surface area contributed by atoms with Gasteiger partial charge in [-0.3, -0.25) is 9.69 Å². The van der Waals surface area contributed by atoms with Crippen LogP contribution in [-0.4, -0.2) is 75.4 Å². The molecule has 2 saturated heterocycles. The van der Waals surface area contributed by atoms with Crippen LogP contribution in [-0.2, 0) is 10.9 Å². The number of carbonyl (C=O) groups is 1. The molecule has 0 bridgehead atoms. The summed E-state index contributed by atoms with van der Waals surface area (Å²) in [6, 6.07) is 2.27. The third kappa shape index (κ3) is 5.86. The summed E-state index contributed by atoms with van der Waals surface area (Å²) < 4.78 is 46.1. The molecule has 0 radical (unpaired) electrons. The summed E-state index contributed by atoms with van der Waals surface area (Å²) in [6.07, 6.45) is 0.219. The lowest BCUT2D eigenvalue weighted by atomic mass is 9.94. The van der Waals surface area contributed by atoms with Crippen LogP contribution in [0.5, 0.6) is 0 Å². The van der Waals surface area contributed by atoms with Crippen LogP contribution in [0.1, 0.15) is 68.1 Å². The molecule has 2 aliphatic rings. The molecular weight excluding hydrogens is 459 g/mol. The maximum absolute atomic E-state index is 13.4. The van der Waals surface area contributed by atoms with E-state index in [-0.39, 0.29) is 29.9 Å². The molecule has 7 nitrogen and oxygen atoms in total. The third-order valence-corrected chi connectivity index (χ3v) is 6.79. The van der Waals surface area contributed by atoms with E-state index in [0.717, 1.165) is 44.7 Å². The fourth-order valence-corrected chi connectivity index (χ4v) is 5.23. The molecule has 0 spiro atoms. The van der Waals surface area contributed by atoms with E-state index in [9.17, 15) is 18.0 Å². The van der Waals surface area contributed by atoms with Crippen LogP contribution < -0.4 is 0 Å². The minimum absolute atomic E-state index is 0.0663. The van der Waals surface area contributed by atoms with Gasteiger partial charge in [0, 0.05) is 38.9 Å². The summed E-state index contributed by atoms with van der Waals surface area (Å²) in [5.41, 5.74) is 0.316. The van der Waals surface area contributed by atoms with Gasteiger partial charge in [0.25, 0.3) is 5.91 Å². The number of ether oxygens (including phenoxy) is 1. The highest BCUT2D eigenvalue weighted by molar-refractivity contribution is 5.95. The van der Waals surface area contributed by atoms with E-state index < -0.39 is 11.7 Å². The topological polar surface area (TPSA) is 63.5 Å². The van der Waals surface area contributed by atoms with Gasteiger partial charge in [-0.25, -0.2) is 9.67 Å². The Morgan fingerprint density at radius 2 is 1.77 bits per heavy atom. The molecule has 2 atom stereocenters. The smallest absolute Gasteiger partial charge is 0.373 e. The van der Waals surface area contributed by atoms with Gasteiger partial charge in [0.2, 0.25) is 0 Å². The lowest BCUT2D eigenvalue weighted by Crippen LogP contribution is -2.48. The molecular formula is C25H34F3N5O2. The van der Waals surface area contributed by atoms with E-state index in [1.54, 1.807) is 0 Å². The molecule has 2 unspecified atom stereocenters. The lowest BCUT2D eigenvalue weighted by Gasteiger charge is -2.39. The Balaban J connectivity index is 1.43. The molecule has 192 valence electrons. The van der Waals surface area contributed by atoms with Crippen LogP contribution in [0.4, 0.5) is 13.2 Å². The number of carbonyl (C=O) groups excluding carboxylic acids is 1. The molecule has 35 heavy (non-hydrogen) atoms. The van der Waals surface area contributed by atoms with Gasteiger partial charge >= 0.3 is 6.18 Å². The van der Waals surface area contributed by atoms with Crippen molar-refractivity contribution in [1.82, 2.24) is 24.6 Å². The fraction of sp³-hybridized carbons (Fsp3) is 0.640. The van der Waals surface area contributed by atoms with Gasteiger partial charge in [-0.15, -0.1) is 0 Å². The highest BCUT2D eigenvalue weighted by Crippen LogP contribution is 2.30. The maximum atomic E-state index is 13.4. The molecule has 0 N–H and O–H groups in total. The Morgan fingerprint density at radius 1 is 1.11 bits per heavy atom. The number of amides is 1. The third-order valence-electron chi connectivity index (χ3n) is 6.79. The van der Waals surface area contributed by atoms with Crippen molar-refractivity contribution in [1.29, 1.82) is 0 Å². The summed E-state index contributed by atoms with van der Waals surface area (Å²) in [7, 11) is 0. The molecule has 0 saturated carbocycles. The number of hydrogen-bond donors (Lipinski definition) is 0. The van der Waals surface area contributed by atoms with Crippen LogP contribution in [0.15, 0.2) is 24.5 Å². The number of aromatic nitrogens is 3. The van der Waals surface area contributed by atoms with Crippen molar-refractivity contribution < 1.29 is 22.7 Å². The molecule has 2 aromatic rings. The van der Waals surface area contributed by atoms with Crippen molar-refractivity contribution in [2.45, 2.75) is 64.8 Å². The predicted octanol–water partition coefficient (Wildman–Crippen LogP) is 4.37. The van der Waals surface area contributed by atoms with E-state index in [4.69, 9.17) is 4.74 Å². The first-order chi connectivity index (χ1) is 16.5. The van der Waals surface area contributed by atoms with Crippen molar-refractivity contribution in [2.24, 2.45) is 5.92 Å². The SMILES string of the molecule is CC1CN(CC2CCN(C(=O)c3cnn(-c4ccc(C(F)(F)F)cn4)c3C(C)C)CC2)CC(C)O1. The Hall–Kier alpha value is -2.46. The van der Waals surface area contributed by atoms with E-state index in [0.29, 0.717) is 30.3 Å². The highest BCUT2D eigenvalue weighted by Gasteiger charge is 2.32. The van der Waals surface area contributed by atoms with Gasteiger partial charge in [0.05, 0.1) is 35.2 Å². The number of likely N-dealkylation sites (tertiary alicyclic amines) is 1. The number of pyridine rings is 1. The molecule has 2 aliphatic heterocycles. The summed E-state index contributed by atoms with van der Waals surface area (Å²) in [4.78, 5) is 21.7. The largest absolute Gasteiger partial charge is 0.417 e. The quantitative estimate of drug-likeness (QED) is 0.619. The molecule has 1 amide bonds. The minimum atomic E-state index is -4.46. The second kappa shape index (κ2) is 10.3. The molecule has 4 rings (SSSR count). The predicted molar refractivity (Wildman–Crippen MR) is 126 cm³/mol. The van der Waals surface area contributed by atoms with Gasteiger partial charge in [0.15, 0.2) is 5.82 Å². The summed E-state index contributed by atoms with van der Waals surface area (Å²) in [5.74, 6) is 0.649. The van der Waals surface area contributed by atoms with Crippen LogP contribution in [0.2, 0.25) is 0 Å². The van der Waals surface area contributed by atoms with Crippen LogP contribution in [0.25, 0.3) is 5.82 Å². The molecule has 0 aliphatic carbocycles. The Morgan fingerprint density at radius 3 is 2.31 bits per heavy atom. The summed E-state index contributed by atoms with van der Waals surface area (Å²) in [5, 5.41) is 4.33. The fourth-order valence-electron chi connectivity index (χ4n) is 5.23. The molecule has 10 heteroatoms. The van der Waals surface area contributed by atoms with Gasteiger partial charge in [-0.05, 0) is 50.7 Å². The van der Waals surface area contributed by atoms with Gasteiger partial charge in [-0.1, -0.05) is 13.8 Å². The van der Waals surface area contributed by atoms with Crippen molar-refractivity contribution in [2.75, 3.05) is 32.7 Å². The average molecular weight is 494 g/mol. The molecule has 2 aromatic heterocycles. The molecule has 0 aromatic carbocycles. The van der Waals surface area contributed by atoms with Crippen molar-refractivity contribution in [3.05, 3.63) is 41.3 Å². The van der Waals surface area contributed by atoms with Crippen molar-refractivity contribution in [3.8, 4) is 5.82 Å². The van der Waals surface area contributed by atoms with E-state index in [2.05, 4.69) is 28.8 Å². The number of hydrogen-bond acceptors (Lipinski definition) is 5. The standard InChI is InChI=1S/C25H34F3N5O2/c1-16(2)23-21(12-30-33(23)22-6-5-20(11-29-22)25(26,27)28)24(34)32-9-7-19(8-10-32)15-31-13-17(3)35-18(4)14-31/h5-6,11-12,16-19H,7-10,13-15H2,1-4H3. The molecule has 2 fully saturated rings. The first-order valence-electron chi connectivity index (χ1n) is 12.3.